The molecule has 0 aliphatic rings. The zero-order chi connectivity index (χ0) is 15.6. The van der Waals surface area contributed by atoms with E-state index >= 15 is 0 Å². The zero-order valence-corrected chi connectivity index (χ0v) is 14.2. The average molecular weight is 304 g/mol. The first kappa shape index (κ1) is 16.1. The van der Waals surface area contributed by atoms with E-state index in [1.165, 1.54) is 17.1 Å². The number of aromatic nitrogens is 2. The first-order valence-electron chi connectivity index (χ1n) is 7.38. The van der Waals surface area contributed by atoms with Crippen molar-refractivity contribution in [3.05, 3.63) is 46.0 Å². The largest absolute Gasteiger partial charge is 0.387 e. The molecule has 1 aromatic carbocycles. The van der Waals surface area contributed by atoms with Crippen LogP contribution in [0.25, 0.3) is 0 Å². The molecule has 1 unspecified atom stereocenters. The highest BCUT2D eigenvalue weighted by Gasteiger charge is 2.20. The van der Waals surface area contributed by atoms with Gasteiger partial charge in [0.25, 0.3) is 0 Å². The van der Waals surface area contributed by atoms with Gasteiger partial charge in [0.05, 0.1) is 16.7 Å². The van der Waals surface area contributed by atoms with Crippen LogP contribution in [0.2, 0.25) is 0 Å². The van der Waals surface area contributed by atoms with E-state index in [0.29, 0.717) is 6.42 Å². The topological polar surface area (TPSA) is 46.0 Å². The van der Waals surface area contributed by atoms with Gasteiger partial charge in [0.2, 0.25) is 0 Å². The smallest absolute Gasteiger partial charge is 0.0957 e. The Hall–Kier alpha value is -1.26. The number of aliphatic hydroxyl groups excluding tert-OH is 1. The van der Waals surface area contributed by atoms with Crippen LogP contribution in [0.15, 0.2) is 24.3 Å². The highest BCUT2D eigenvalue weighted by atomic mass is 32.1. The minimum absolute atomic E-state index is 0.156. The summed E-state index contributed by atoms with van der Waals surface area (Å²) in [7, 11) is 0. The highest BCUT2D eigenvalue weighted by molar-refractivity contribution is 7.05. The van der Waals surface area contributed by atoms with Crippen LogP contribution in [0.3, 0.4) is 0 Å². The van der Waals surface area contributed by atoms with Crippen molar-refractivity contribution in [2.75, 3.05) is 0 Å². The molecule has 2 aromatic rings. The summed E-state index contributed by atoms with van der Waals surface area (Å²) in [5.41, 5.74) is 3.52. The van der Waals surface area contributed by atoms with Crippen LogP contribution in [0.4, 0.5) is 0 Å². The van der Waals surface area contributed by atoms with Gasteiger partial charge in [-0.15, -0.1) is 5.10 Å². The molecule has 0 bridgehead atoms. The van der Waals surface area contributed by atoms with Crippen molar-refractivity contribution in [3.63, 3.8) is 0 Å². The van der Waals surface area contributed by atoms with Crippen molar-refractivity contribution in [1.82, 2.24) is 9.59 Å². The molecule has 0 radical (unpaired) electrons. The van der Waals surface area contributed by atoms with Crippen molar-refractivity contribution < 1.29 is 5.11 Å². The lowest BCUT2D eigenvalue weighted by Gasteiger charge is -2.19. The Balaban J connectivity index is 2.12. The second-order valence-corrected chi connectivity index (χ2v) is 7.63. The number of nitrogens with zero attached hydrogens (tertiary/aromatic N) is 2. The molecule has 0 aliphatic heterocycles. The molecule has 0 saturated carbocycles. The van der Waals surface area contributed by atoms with E-state index in [4.69, 9.17) is 0 Å². The Morgan fingerprint density at radius 3 is 2.29 bits per heavy atom. The predicted molar refractivity (Wildman–Crippen MR) is 87.8 cm³/mol. The van der Waals surface area contributed by atoms with E-state index in [1.807, 2.05) is 0 Å². The van der Waals surface area contributed by atoms with Crippen molar-refractivity contribution in [2.45, 2.75) is 58.5 Å². The lowest BCUT2D eigenvalue weighted by Crippen LogP contribution is -2.11. The summed E-state index contributed by atoms with van der Waals surface area (Å²) in [4.78, 5) is 0.893. The van der Waals surface area contributed by atoms with Crippen molar-refractivity contribution >= 4 is 11.5 Å². The molecule has 0 amide bonds. The van der Waals surface area contributed by atoms with Crippen LogP contribution in [0, 0.1) is 0 Å². The van der Waals surface area contributed by atoms with Crippen molar-refractivity contribution in [2.24, 2.45) is 0 Å². The van der Waals surface area contributed by atoms with Crippen molar-refractivity contribution in [3.8, 4) is 0 Å². The second-order valence-electron chi connectivity index (χ2n) is 6.84. The Morgan fingerprint density at radius 1 is 1.14 bits per heavy atom. The maximum absolute atomic E-state index is 10.5. The average Bonchev–Trinajstić information content (AvgIpc) is 2.87. The number of aliphatic hydroxyl groups is 1. The third kappa shape index (κ3) is 3.89. The Bertz CT molecular complexity index is 582. The van der Waals surface area contributed by atoms with Gasteiger partial charge in [-0.3, -0.25) is 0 Å². The van der Waals surface area contributed by atoms with Crippen LogP contribution in [0.1, 0.15) is 68.3 Å². The molecule has 0 fully saturated rings. The van der Waals surface area contributed by atoms with E-state index < -0.39 is 6.10 Å². The monoisotopic (exact) mass is 304 g/mol. The summed E-state index contributed by atoms with van der Waals surface area (Å²) in [6.45, 7) is 10.8. The van der Waals surface area contributed by atoms with Gasteiger partial charge in [-0.1, -0.05) is 63.4 Å². The van der Waals surface area contributed by atoms with E-state index in [0.717, 1.165) is 16.1 Å². The summed E-state index contributed by atoms with van der Waals surface area (Å²) >= 11 is 1.30. The van der Waals surface area contributed by atoms with Gasteiger partial charge in [-0.05, 0) is 34.0 Å². The lowest BCUT2D eigenvalue weighted by molar-refractivity contribution is 0.180. The molecule has 2 rings (SSSR count). The SMILES string of the molecule is CC(C)c1nnsc1C(O)Cc1ccc(C(C)(C)C)cc1. The Morgan fingerprint density at radius 2 is 1.76 bits per heavy atom. The van der Waals surface area contributed by atoms with Crippen LogP contribution in [-0.2, 0) is 11.8 Å². The fourth-order valence-electron chi connectivity index (χ4n) is 2.29. The normalized spacial score (nSPS) is 13.7. The lowest BCUT2D eigenvalue weighted by atomic mass is 9.86. The minimum atomic E-state index is -0.525. The van der Waals surface area contributed by atoms with E-state index in [2.05, 4.69) is 68.5 Å². The van der Waals surface area contributed by atoms with Gasteiger partial charge in [0.1, 0.15) is 0 Å². The molecule has 0 spiro atoms. The Labute approximate surface area is 131 Å². The molecule has 1 heterocycles. The van der Waals surface area contributed by atoms with Gasteiger partial charge in [-0.2, -0.15) is 0 Å². The van der Waals surface area contributed by atoms with Crippen LogP contribution in [0.5, 0.6) is 0 Å². The molecule has 1 atom stereocenters. The molecule has 114 valence electrons. The fraction of sp³-hybridized carbons (Fsp3) is 0.529. The first-order chi connectivity index (χ1) is 9.79. The van der Waals surface area contributed by atoms with E-state index in [9.17, 15) is 5.11 Å². The van der Waals surface area contributed by atoms with E-state index in [-0.39, 0.29) is 11.3 Å². The highest BCUT2D eigenvalue weighted by Crippen LogP contribution is 2.29. The first-order valence-corrected chi connectivity index (χ1v) is 8.16. The maximum Gasteiger partial charge on any atom is 0.0957 e. The van der Waals surface area contributed by atoms with Gasteiger partial charge in [0, 0.05) is 6.42 Å². The van der Waals surface area contributed by atoms with Crippen LogP contribution >= 0.6 is 11.5 Å². The van der Waals surface area contributed by atoms with Crippen LogP contribution < -0.4 is 0 Å². The standard InChI is InChI=1S/C17H24N2OS/c1-11(2)15-16(21-19-18-15)14(20)10-12-6-8-13(9-7-12)17(3,4)5/h6-9,11,14,20H,10H2,1-5H3. The molecule has 4 heteroatoms. The Kier molecular flexibility index (Phi) is 4.79. The summed E-state index contributed by atoms with van der Waals surface area (Å²) in [5.74, 6) is 0.289. The third-order valence-corrected chi connectivity index (χ3v) is 4.48. The number of hydrogen-bond donors (Lipinski definition) is 1. The third-order valence-electron chi connectivity index (χ3n) is 3.64. The summed E-state index contributed by atoms with van der Waals surface area (Å²) in [5, 5.41) is 14.6. The molecule has 0 saturated heterocycles. The minimum Gasteiger partial charge on any atom is -0.387 e. The zero-order valence-electron chi connectivity index (χ0n) is 13.4. The molecular formula is C17H24N2OS. The van der Waals surface area contributed by atoms with Gasteiger partial charge < -0.3 is 5.11 Å². The summed E-state index contributed by atoms with van der Waals surface area (Å²) in [6.07, 6.45) is 0.0801. The predicted octanol–water partition coefficient (Wildman–Crippen LogP) is 4.24. The molecule has 3 nitrogen and oxygen atoms in total. The second kappa shape index (κ2) is 6.24. The van der Waals surface area contributed by atoms with Gasteiger partial charge in [0.15, 0.2) is 0 Å². The summed E-state index contributed by atoms with van der Waals surface area (Å²) in [6, 6.07) is 8.51. The molecular weight excluding hydrogens is 280 g/mol. The number of benzene rings is 1. The number of rotatable bonds is 4. The molecule has 1 N–H and O–H groups in total. The van der Waals surface area contributed by atoms with Crippen molar-refractivity contribution in [1.29, 1.82) is 0 Å². The van der Waals surface area contributed by atoms with Gasteiger partial charge >= 0.3 is 0 Å². The quantitative estimate of drug-likeness (QED) is 0.919. The van der Waals surface area contributed by atoms with Crippen LogP contribution in [-0.4, -0.2) is 14.7 Å². The van der Waals surface area contributed by atoms with E-state index in [1.54, 1.807) is 0 Å². The maximum atomic E-state index is 10.5. The van der Waals surface area contributed by atoms with Gasteiger partial charge in [-0.25, -0.2) is 0 Å². The molecule has 21 heavy (non-hydrogen) atoms. The number of hydrogen-bond acceptors (Lipinski definition) is 4. The molecule has 0 aliphatic carbocycles. The molecule has 1 aromatic heterocycles. The summed E-state index contributed by atoms with van der Waals surface area (Å²) < 4.78 is 3.98. The fourth-order valence-corrected chi connectivity index (χ4v) is 3.08.